The van der Waals surface area contributed by atoms with Gasteiger partial charge in [0, 0.05) is 45.6 Å². The molecule has 0 saturated carbocycles. The summed E-state index contributed by atoms with van der Waals surface area (Å²) in [6.07, 6.45) is 3.65. The predicted molar refractivity (Wildman–Crippen MR) is 168 cm³/mol. The van der Waals surface area contributed by atoms with E-state index >= 15 is 0 Å². The van der Waals surface area contributed by atoms with Crippen molar-refractivity contribution in [2.24, 2.45) is 11.1 Å². The minimum Gasteiger partial charge on any atom is -0.477 e. The van der Waals surface area contributed by atoms with Gasteiger partial charge in [-0.2, -0.15) is 9.36 Å². The van der Waals surface area contributed by atoms with Crippen LogP contribution in [0.1, 0.15) is 29.3 Å². The van der Waals surface area contributed by atoms with E-state index in [0.717, 1.165) is 27.6 Å². The molecular formula is C31H27N7O5S2. The number of carboxylic acids is 1. The molecule has 0 spiro atoms. The van der Waals surface area contributed by atoms with Gasteiger partial charge in [0.25, 0.3) is 11.8 Å². The van der Waals surface area contributed by atoms with Crippen LogP contribution in [0.15, 0.2) is 106 Å². The first-order valence-corrected chi connectivity index (χ1v) is 15.5. The van der Waals surface area contributed by atoms with E-state index in [2.05, 4.69) is 24.8 Å². The number of hydrogen-bond acceptors (Lipinski definition) is 11. The highest BCUT2D eigenvalue weighted by Gasteiger charge is 2.57. The number of allylic oxidation sites excluding steroid dienone is 1. The zero-order valence-electron chi connectivity index (χ0n) is 23.8. The van der Waals surface area contributed by atoms with Crippen molar-refractivity contribution in [3.05, 3.63) is 113 Å². The van der Waals surface area contributed by atoms with Crippen LogP contribution in [0, 0.1) is 5.92 Å². The van der Waals surface area contributed by atoms with Crippen molar-refractivity contribution in [1.82, 2.24) is 24.6 Å². The molecule has 45 heavy (non-hydrogen) atoms. The molecule has 4 aromatic rings. The number of nitrogens with two attached hydrogens (primary N) is 1. The molecule has 4 heterocycles. The number of aromatic nitrogens is 3. The van der Waals surface area contributed by atoms with E-state index in [1.54, 1.807) is 24.5 Å². The number of aliphatic carboxylic acids is 1. The number of rotatable bonds is 10. The number of nitrogens with one attached hydrogen (secondary N) is 1. The van der Waals surface area contributed by atoms with E-state index in [0.29, 0.717) is 11.3 Å². The number of oxime groups is 1. The second-order valence-corrected chi connectivity index (χ2v) is 12.1. The Morgan fingerprint density at radius 3 is 2.29 bits per heavy atom. The second-order valence-electron chi connectivity index (χ2n) is 10.2. The average molecular weight is 642 g/mol. The highest BCUT2D eigenvalue weighted by atomic mass is 32.2. The van der Waals surface area contributed by atoms with Crippen molar-refractivity contribution < 1.29 is 24.3 Å². The Morgan fingerprint density at radius 2 is 1.73 bits per heavy atom. The van der Waals surface area contributed by atoms with Crippen LogP contribution in [0.3, 0.4) is 0 Å². The van der Waals surface area contributed by atoms with Gasteiger partial charge in [0.15, 0.2) is 5.13 Å². The van der Waals surface area contributed by atoms with E-state index in [-0.39, 0.29) is 34.2 Å². The summed E-state index contributed by atoms with van der Waals surface area (Å²) in [7, 11) is 1.27. The Hall–Kier alpha value is -5.08. The Kier molecular flexibility index (Phi) is 8.58. The van der Waals surface area contributed by atoms with Crippen LogP contribution >= 0.6 is 23.3 Å². The quantitative estimate of drug-likeness (QED) is 0.132. The van der Waals surface area contributed by atoms with Gasteiger partial charge in [-0.05, 0) is 29.7 Å². The van der Waals surface area contributed by atoms with Crippen LogP contribution in [-0.2, 0) is 19.2 Å². The van der Waals surface area contributed by atoms with Gasteiger partial charge in [0.1, 0.15) is 18.8 Å². The largest absolute Gasteiger partial charge is 0.477 e. The molecule has 228 valence electrons. The number of β-lactam (4-membered cyclic amide) rings is 1. The first-order chi connectivity index (χ1) is 21.9. The van der Waals surface area contributed by atoms with E-state index in [1.165, 1.54) is 23.8 Å². The summed E-state index contributed by atoms with van der Waals surface area (Å²) < 4.78 is 4.04. The van der Waals surface area contributed by atoms with Gasteiger partial charge in [-0.3, -0.25) is 19.5 Å². The molecule has 0 bridgehead atoms. The normalized spacial score (nSPS) is 19.6. The molecule has 0 aliphatic carbocycles. The number of nitrogen functional groups attached to an aromatic ring is 1. The number of carbonyl (C=O) groups excluding carboxylic acids is 2. The first kappa shape index (κ1) is 30.0. The highest BCUT2D eigenvalue weighted by Crippen LogP contribution is 2.52. The van der Waals surface area contributed by atoms with Crippen LogP contribution < -0.4 is 11.1 Å². The standard InChI is InChI=1S/C31H27N7O5S2/c1-43-36-24(27-35-31(32)45-37-27)28(39)34-23-21-16-20(22(17-8-4-2-5-9-17)18-10-6-3-7-11-18)26(44-19-12-14-33-15-13-19)25(30(41)42)38(21)29(23)40/h2-15,20-23H,16H2,1H3,(H,34,39)(H,41,42)(H2,32,35,37)/t20?,21-,23+/m1/s1. The maximum Gasteiger partial charge on any atom is 0.353 e. The number of benzene rings is 2. The van der Waals surface area contributed by atoms with Crippen LogP contribution in [0.25, 0.3) is 0 Å². The molecule has 12 nitrogen and oxygen atoms in total. The Labute approximate surface area is 266 Å². The zero-order chi connectivity index (χ0) is 31.5. The van der Waals surface area contributed by atoms with Gasteiger partial charge in [0.2, 0.25) is 11.5 Å². The number of nitrogens with zero attached hydrogens (tertiary/aromatic N) is 5. The van der Waals surface area contributed by atoms with Gasteiger partial charge in [0.05, 0.1) is 6.04 Å². The maximum atomic E-state index is 13.7. The van der Waals surface area contributed by atoms with E-state index in [9.17, 15) is 19.5 Å². The SMILES string of the molecule is CON=C(C(=O)N[C@@H]1C(=O)N2C(C(=O)O)=C(Sc3ccncc3)C(C(c3ccccc3)c3ccccc3)C[C@H]12)c1nsc(N)n1. The summed E-state index contributed by atoms with van der Waals surface area (Å²) in [6.45, 7) is 0. The lowest BCUT2D eigenvalue weighted by atomic mass is 9.71. The molecule has 2 aliphatic heterocycles. The molecule has 14 heteroatoms. The topological polar surface area (TPSA) is 173 Å². The Balaban J connectivity index is 1.43. The molecular weight excluding hydrogens is 615 g/mol. The van der Waals surface area contributed by atoms with Gasteiger partial charge < -0.3 is 21.0 Å². The molecule has 0 radical (unpaired) electrons. The number of amides is 2. The van der Waals surface area contributed by atoms with Crippen LogP contribution in [0.2, 0.25) is 0 Å². The lowest BCUT2D eigenvalue weighted by Gasteiger charge is -2.53. The Bertz CT molecular complexity index is 1740. The number of fused-ring (bicyclic) bond motifs is 1. The average Bonchev–Trinajstić information content (AvgIpc) is 3.49. The number of pyridine rings is 1. The van der Waals surface area contributed by atoms with Gasteiger partial charge in [-0.25, -0.2) is 4.79 Å². The molecule has 1 fully saturated rings. The monoisotopic (exact) mass is 641 g/mol. The highest BCUT2D eigenvalue weighted by molar-refractivity contribution is 8.03. The van der Waals surface area contributed by atoms with Crippen LogP contribution in [-0.4, -0.2) is 67.0 Å². The molecule has 2 amide bonds. The summed E-state index contributed by atoms with van der Waals surface area (Å²) in [4.78, 5) is 55.6. The molecule has 1 unspecified atom stereocenters. The molecule has 2 aliphatic rings. The summed E-state index contributed by atoms with van der Waals surface area (Å²) in [5.74, 6) is -3.20. The van der Waals surface area contributed by atoms with Crippen molar-refractivity contribution in [2.45, 2.75) is 29.3 Å². The number of carboxylic acid groups (broad SMARTS) is 1. The van der Waals surface area contributed by atoms with E-state index < -0.39 is 29.9 Å². The third kappa shape index (κ3) is 5.89. The van der Waals surface area contributed by atoms with E-state index in [1.807, 2.05) is 60.7 Å². The summed E-state index contributed by atoms with van der Waals surface area (Å²) in [5.41, 5.74) is 7.33. The number of carbonyl (C=O) groups is 3. The zero-order valence-corrected chi connectivity index (χ0v) is 25.4. The van der Waals surface area contributed by atoms with Crippen LogP contribution in [0.4, 0.5) is 5.13 Å². The third-order valence-corrected chi connectivity index (χ3v) is 9.43. The smallest absolute Gasteiger partial charge is 0.353 e. The number of hydrogen-bond donors (Lipinski definition) is 3. The van der Waals surface area contributed by atoms with Crippen molar-refractivity contribution in [1.29, 1.82) is 0 Å². The first-order valence-electron chi connectivity index (χ1n) is 13.9. The summed E-state index contributed by atoms with van der Waals surface area (Å²) >= 11 is 2.19. The van der Waals surface area contributed by atoms with Gasteiger partial charge >= 0.3 is 5.97 Å². The van der Waals surface area contributed by atoms with Crippen molar-refractivity contribution in [2.75, 3.05) is 12.8 Å². The molecule has 2 aromatic carbocycles. The second kappa shape index (κ2) is 12.9. The Morgan fingerprint density at radius 1 is 1.09 bits per heavy atom. The van der Waals surface area contributed by atoms with Crippen molar-refractivity contribution in [3.8, 4) is 0 Å². The molecule has 4 N–H and O–H groups in total. The number of anilines is 1. The predicted octanol–water partition coefficient (Wildman–Crippen LogP) is 3.50. The number of thioether (sulfide) groups is 1. The fraction of sp³-hybridized carbons (Fsp3) is 0.194. The minimum atomic E-state index is -1.23. The summed E-state index contributed by atoms with van der Waals surface area (Å²) in [6, 6.07) is 21.7. The van der Waals surface area contributed by atoms with Gasteiger partial charge in [-0.15, -0.1) is 0 Å². The lowest BCUT2D eigenvalue weighted by molar-refractivity contribution is -0.156. The minimum absolute atomic E-state index is 0.0441. The fourth-order valence-electron chi connectivity index (χ4n) is 5.83. The lowest BCUT2D eigenvalue weighted by Crippen LogP contribution is -2.73. The van der Waals surface area contributed by atoms with Crippen molar-refractivity contribution in [3.63, 3.8) is 0 Å². The summed E-state index contributed by atoms with van der Waals surface area (Å²) in [5, 5.41) is 17.2. The third-order valence-electron chi connectivity index (χ3n) is 7.66. The fourth-order valence-corrected chi connectivity index (χ4v) is 7.44. The molecule has 3 atom stereocenters. The van der Waals surface area contributed by atoms with Gasteiger partial charge in [-0.1, -0.05) is 77.6 Å². The maximum absolute atomic E-state index is 13.7. The van der Waals surface area contributed by atoms with Crippen molar-refractivity contribution >= 4 is 51.9 Å². The molecule has 1 saturated heterocycles. The molecule has 2 aromatic heterocycles. The van der Waals surface area contributed by atoms with Crippen LogP contribution in [0.5, 0.6) is 0 Å². The van der Waals surface area contributed by atoms with E-state index in [4.69, 9.17) is 10.6 Å². The molecule has 6 rings (SSSR count).